The summed E-state index contributed by atoms with van der Waals surface area (Å²) in [4.78, 5) is 17.5. The first kappa shape index (κ1) is 29.2. The standard InChI is InChI=1S/C24H26F6N8O2S/c1-41(39,40)38-9-5-15(6-10-38)34-22-31-11-17(23(25,26)27)20(35-22)18-13-37(14-32-18)19-4-3-16(12-36-7-2-8-36)33-21(19)24(28,29)30/h3-4,11,13-15H,2,5-10,12H2,1H3,(H,31,34,35). The van der Waals surface area contributed by atoms with E-state index in [9.17, 15) is 34.8 Å². The second kappa shape index (κ2) is 10.8. The first-order chi connectivity index (χ1) is 19.2. The third-order valence-electron chi connectivity index (χ3n) is 6.99. The Morgan fingerprint density at radius 2 is 1.68 bits per heavy atom. The normalized spacial score (nSPS) is 17.9. The first-order valence-corrected chi connectivity index (χ1v) is 14.5. The lowest BCUT2D eigenvalue weighted by atomic mass is 10.1. The van der Waals surface area contributed by atoms with E-state index in [0.717, 1.165) is 42.9 Å². The van der Waals surface area contributed by atoms with E-state index in [2.05, 4.69) is 25.3 Å². The second-order valence-electron chi connectivity index (χ2n) is 10.00. The number of alkyl halides is 6. The maximum Gasteiger partial charge on any atom is 0.435 e. The van der Waals surface area contributed by atoms with Crippen LogP contribution in [-0.2, 0) is 28.9 Å². The van der Waals surface area contributed by atoms with Crippen LogP contribution < -0.4 is 5.32 Å². The molecule has 222 valence electrons. The van der Waals surface area contributed by atoms with Crippen LogP contribution in [0.4, 0.5) is 32.3 Å². The minimum atomic E-state index is -4.87. The van der Waals surface area contributed by atoms with Gasteiger partial charge in [0, 0.05) is 38.1 Å². The van der Waals surface area contributed by atoms with Crippen molar-refractivity contribution in [2.45, 2.75) is 44.2 Å². The Morgan fingerprint density at radius 3 is 2.27 bits per heavy atom. The van der Waals surface area contributed by atoms with Crippen LogP contribution >= 0.6 is 0 Å². The van der Waals surface area contributed by atoms with E-state index >= 15 is 0 Å². The van der Waals surface area contributed by atoms with Gasteiger partial charge in [-0.3, -0.25) is 4.90 Å². The van der Waals surface area contributed by atoms with Crippen LogP contribution in [0.3, 0.4) is 0 Å². The number of piperidine rings is 1. The molecule has 0 atom stereocenters. The molecule has 0 aromatic carbocycles. The Hall–Kier alpha value is -3.31. The smallest absolute Gasteiger partial charge is 0.351 e. The number of halogens is 6. The number of imidazole rings is 1. The summed E-state index contributed by atoms with van der Waals surface area (Å²) >= 11 is 0. The summed E-state index contributed by atoms with van der Waals surface area (Å²) in [7, 11) is -3.36. The van der Waals surface area contributed by atoms with Gasteiger partial charge in [-0.15, -0.1) is 0 Å². The van der Waals surface area contributed by atoms with Gasteiger partial charge in [0.1, 0.15) is 23.3 Å². The highest BCUT2D eigenvalue weighted by Gasteiger charge is 2.38. The van der Waals surface area contributed by atoms with Crippen LogP contribution in [0.25, 0.3) is 17.1 Å². The predicted octanol–water partition coefficient (Wildman–Crippen LogP) is 3.80. The van der Waals surface area contributed by atoms with Gasteiger partial charge >= 0.3 is 12.4 Å². The number of pyridine rings is 1. The largest absolute Gasteiger partial charge is 0.435 e. The molecule has 0 spiro atoms. The molecule has 0 amide bonds. The molecule has 0 aliphatic carbocycles. The number of hydrogen-bond donors (Lipinski definition) is 1. The number of hydrogen-bond acceptors (Lipinski definition) is 8. The zero-order valence-electron chi connectivity index (χ0n) is 21.7. The summed E-state index contributed by atoms with van der Waals surface area (Å²) < 4.78 is 109. The molecule has 2 aliphatic heterocycles. The monoisotopic (exact) mass is 604 g/mol. The van der Waals surface area contributed by atoms with Gasteiger partial charge in [0.2, 0.25) is 16.0 Å². The SMILES string of the molecule is CS(=O)(=O)N1CCC(Nc2ncc(C(F)(F)F)c(-c3cn(-c4ccc(CN5CCC5)nc4C(F)(F)F)cn3)n2)CC1. The van der Waals surface area contributed by atoms with Crippen molar-refractivity contribution >= 4 is 16.0 Å². The van der Waals surface area contributed by atoms with Crippen LogP contribution in [0.5, 0.6) is 0 Å². The van der Waals surface area contributed by atoms with E-state index in [-0.39, 0.29) is 48.7 Å². The lowest BCUT2D eigenvalue weighted by Gasteiger charge is -2.30. The highest BCUT2D eigenvalue weighted by atomic mass is 32.2. The van der Waals surface area contributed by atoms with Crippen molar-refractivity contribution in [3.05, 3.63) is 47.8 Å². The maximum absolute atomic E-state index is 13.9. The molecule has 0 saturated carbocycles. The van der Waals surface area contributed by atoms with Gasteiger partial charge in [-0.1, -0.05) is 0 Å². The fourth-order valence-electron chi connectivity index (χ4n) is 4.71. The Bertz CT molecular complexity index is 1510. The molecule has 17 heteroatoms. The second-order valence-corrected chi connectivity index (χ2v) is 12.0. The van der Waals surface area contributed by atoms with Gasteiger partial charge in [0.15, 0.2) is 5.69 Å². The summed E-state index contributed by atoms with van der Waals surface area (Å²) in [5.74, 6) is -0.145. The van der Waals surface area contributed by atoms with Crippen LogP contribution in [0.2, 0.25) is 0 Å². The molecule has 0 unspecified atom stereocenters. The topological polar surface area (TPSA) is 109 Å². The number of sulfonamides is 1. The van der Waals surface area contributed by atoms with E-state index in [0.29, 0.717) is 19.0 Å². The quantitative estimate of drug-likeness (QED) is 0.406. The third kappa shape index (κ3) is 6.62. The number of likely N-dealkylation sites (tertiary alicyclic amines) is 1. The van der Waals surface area contributed by atoms with Gasteiger partial charge in [0.05, 0.1) is 17.6 Å². The van der Waals surface area contributed by atoms with E-state index in [1.54, 1.807) is 0 Å². The molecule has 5 heterocycles. The Kier molecular flexibility index (Phi) is 7.71. The zero-order valence-corrected chi connectivity index (χ0v) is 22.6. The van der Waals surface area contributed by atoms with Crippen molar-refractivity contribution in [2.75, 3.05) is 37.8 Å². The van der Waals surface area contributed by atoms with Crippen molar-refractivity contribution in [1.29, 1.82) is 0 Å². The first-order valence-electron chi connectivity index (χ1n) is 12.7. The Morgan fingerprint density at radius 1 is 0.976 bits per heavy atom. The van der Waals surface area contributed by atoms with E-state index in [1.165, 1.54) is 16.4 Å². The van der Waals surface area contributed by atoms with Gasteiger partial charge in [-0.25, -0.2) is 32.7 Å². The minimum Gasteiger partial charge on any atom is -0.351 e. The average Bonchev–Trinajstić information content (AvgIpc) is 3.35. The van der Waals surface area contributed by atoms with Crippen LogP contribution in [0.15, 0.2) is 30.9 Å². The highest BCUT2D eigenvalue weighted by Crippen LogP contribution is 2.37. The van der Waals surface area contributed by atoms with E-state index in [4.69, 9.17) is 0 Å². The molecule has 0 bridgehead atoms. The maximum atomic E-state index is 13.9. The molecule has 3 aromatic rings. The van der Waals surface area contributed by atoms with Gasteiger partial charge in [-0.05, 0) is 44.5 Å². The number of anilines is 1. The summed E-state index contributed by atoms with van der Waals surface area (Å²) in [6.45, 7) is 2.25. The van der Waals surface area contributed by atoms with Crippen molar-refractivity contribution in [1.82, 2.24) is 33.7 Å². The summed E-state index contributed by atoms with van der Waals surface area (Å²) in [5.41, 5.74) is -3.47. The summed E-state index contributed by atoms with van der Waals surface area (Å²) in [5, 5.41) is 2.93. The molecule has 1 N–H and O–H groups in total. The lowest BCUT2D eigenvalue weighted by molar-refractivity contribution is -0.141. The highest BCUT2D eigenvalue weighted by molar-refractivity contribution is 7.88. The molecular weight excluding hydrogens is 578 g/mol. The predicted molar refractivity (Wildman–Crippen MR) is 135 cm³/mol. The number of rotatable bonds is 7. The number of aromatic nitrogens is 5. The van der Waals surface area contributed by atoms with E-state index < -0.39 is 39.3 Å². The third-order valence-corrected chi connectivity index (χ3v) is 8.29. The van der Waals surface area contributed by atoms with Crippen molar-refractivity contribution < 1.29 is 34.8 Å². The van der Waals surface area contributed by atoms with Crippen LogP contribution in [0, 0.1) is 0 Å². The summed E-state index contributed by atoms with van der Waals surface area (Å²) in [6.07, 6.45) is -4.27. The Labute approximate surface area is 231 Å². The minimum absolute atomic E-state index is 0.145. The molecule has 41 heavy (non-hydrogen) atoms. The average molecular weight is 605 g/mol. The molecule has 3 aromatic heterocycles. The molecular formula is C24H26F6N8O2S. The fraction of sp³-hybridized carbons (Fsp3) is 0.500. The molecule has 10 nitrogen and oxygen atoms in total. The van der Waals surface area contributed by atoms with E-state index in [1.807, 2.05) is 4.90 Å². The number of nitrogens with zero attached hydrogens (tertiary/aromatic N) is 7. The van der Waals surface area contributed by atoms with Crippen molar-refractivity contribution in [3.63, 3.8) is 0 Å². The van der Waals surface area contributed by atoms with Gasteiger partial charge in [0.25, 0.3) is 0 Å². The number of nitrogens with one attached hydrogen (secondary N) is 1. The fourth-order valence-corrected chi connectivity index (χ4v) is 5.59. The lowest BCUT2D eigenvalue weighted by Crippen LogP contribution is -2.42. The van der Waals surface area contributed by atoms with Crippen LogP contribution in [0.1, 0.15) is 36.2 Å². The van der Waals surface area contributed by atoms with Gasteiger partial charge < -0.3 is 9.88 Å². The molecule has 0 radical (unpaired) electrons. The van der Waals surface area contributed by atoms with Crippen LogP contribution in [-0.4, -0.2) is 80.6 Å². The molecule has 2 saturated heterocycles. The Balaban J connectivity index is 1.44. The zero-order chi connectivity index (χ0) is 29.6. The van der Waals surface area contributed by atoms with Crippen molar-refractivity contribution in [2.24, 2.45) is 0 Å². The summed E-state index contributed by atoms with van der Waals surface area (Å²) in [6, 6.07) is 2.37. The van der Waals surface area contributed by atoms with Gasteiger partial charge in [-0.2, -0.15) is 26.3 Å². The molecule has 2 aliphatic rings. The van der Waals surface area contributed by atoms with Crippen molar-refractivity contribution in [3.8, 4) is 17.1 Å². The molecule has 2 fully saturated rings. The molecule has 5 rings (SSSR count).